The van der Waals surface area contributed by atoms with E-state index in [1.54, 1.807) is 18.5 Å². The van der Waals surface area contributed by atoms with E-state index in [1.807, 2.05) is 36.8 Å². The van der Waals surface area contributed by atoms with Crippen LogP contribution in [0.1, 0.15) is 5.56 Å². The largest absolute Gasteiger partial charge is 0.573 e. The molecule has 8 heteroatoms. The van der Waals surface area contributed by atoms with Crippen molar-refractivity contribution in [3.63, 3.8) is 0 Å². The summed E-state index contributed by atoms with van der Waals surface area (Å²) < 4.78 is 43.8. The second kappa shape index (κ2) is 7.38. The first-order valence-electron chi connectivity index (χ1n) is 8.72. The van der Waals surface area contributed by atoms with Crippen molar-refractivity contribution in [1.29, 1.82) is 0 Å². The highest BCUT2D eigenvalue weighted by molar-refractivity contribution is 5.70. The number of allylic oxidation sites excluding steroid dienone is 1. The molecule has 0 spiro atoms. The molecule has 0 bridgehead atoms. The number of fused-ring (bicyclic) bond motifs is 1. The van der Waals surface area contributed by atoms with Crippen LogP contribution in [0.3, 0.4) is 0 Å². The molecular weight excluding hydrogens is 369 g/mol. The number of aromatic nitrogens is 1. The zero-order valence-electron chi connectivity index (χ0n) is 14.9. The first-order valence-corrected chi connectivity index (χ1v) is 8.72. The minimum atomic E-state index is -4.71. The van der Waals surface area contributed by atoms with Crippen LogP contribution in [-0.4, -0.2) is 25.8 Å². The fourth-order valence-corrected chi connectivity index (χ4v) is 3.26. The zero-order chi connectivity index (χ0) is 19.6. The van der Waals surface area contributed by atoms with E-state index >= 15 is 0 Å². The molecule has 0 atom stereocenters. The highest BCUT2D eigenvalue weighted by Gasteiger charge is 2.31. The maximum atomic E-state index is 12.6. The van der Waals surface area contributed by atoms with Crippen LogP contribution in [0.15, 0.2) is 71.6 Å². The number of nitrogens with one attached hydrogen (secondary N) is 1. The lowest BCUT2D eigenvalue weighted by atomic mass is 10.0. The summed E-state index contributed by atoms with van der Waals surface area (Å²) >= 11 is 0. The molecule has 1 aromatic carbocycles. The number of halogens is 3. The third kappa shape index (κ3) is 4.16. The quantitative estimate of drug-likeness (QED) is 0.819. The topological polar surface area (TPSA) is 40.7 Å². The van der Waals surface area contributed by atoms with Crippen LogP contribution in [-0.2, 0) is 6.54 Å². The molecular formula is C20H18F3N4O+. The van der Waals surface area contributed by atoms with Gasteiger partial charge in [0.1, 0.15) is 18.8 Å². The number of hydrogen-bond donors (Lipinski definition) is 1. The molecule has 2 aromatic rings. The number of nitrogens with zero attached hydrogens (tertiary/aromatic N) is 3. The molecule has 144 valence electrons. The number of benzene rings is 1. The van der Waals surface area contributed by atoms with Crippen LogP contribution in [0.2, 0.25) is 0 Å². The van der Waals surface area contributed by atoms with Crippen LogP contribution in [0, 0.1) is 0 Å². The molecule has 28 heavy (non-hydrogen) atoms. The summed E-state index contributed by atoms with van der Waals surface area (Å²) in [5, 5.41) is 2.99. The molecule has 0 saturated carbocycles. The first-order chi connectivity index (χ1) is 13.5. The minimum Gasteiger partial charge on any atom is -0.406 e. The van der Waals surface area contributed by atoms with Crippen LogP contribution in [0.25, 0.3) is 5.57 Å². The first kappa shape index (κ1) is 18.1. The van der Waals surface area contributed by atoms with Crippen LogP contribution >= 0.6 is 0 Å². The summed E-state index contributed by atoms with van der Waals surface area (Å²) in [6, 6.07) is 12.0. The lowest BCUT2D eigenvalue weighted by molar-refractivity contribution is -0.673. The Balaban J connectivity index is 1.65. The van der Waals surface area contributed by atoms with Crippen LogP contribution in [0.4, 0.5) is 19.0 Å². The smallest absolute Gasteiger partial charge is 0.406 e. The summed E-state index contributed by atoms with van der Waals surface area (Å²) in [6.45, 7) is 1.78. The SMILES string of the molecule is FC(F)(F)Oc1cccc(C2=CN(CC3=CNC=NC3)c3cccc[n+]3C2)c1. The average molecular weight is 387 g/mol. The van der Waals surface area contributed by atoms with E-state index in [9.17, 15) is 13.2 Å². The van der Waals surface area contributed by atoms with Crippen molar-refractivity contribution in [2.24, 2.45) is 4.99 Å². The normalized spacial score (nSPS) is 16.0. The molecule has 3 heterocycles. The Morgan fingerprint density at radius 1 is 1.18 bits per heavy atom. The van der Waals surface area contributed by atoms with Gasteiger partial charge in [0.05, 0.1) is 25.3 Å². The number of pyridine rings is 1. The monoisotopic (exact) mass is 387 g/mol. The Labute approximate surface area is 160 Å². The molecule has 0 fully saturated rings. The standard InChI is InChI=1S/C20H18F3N4O/c21-20(22,23)28-18-5-3-4-16(8-18)17-12-26-7-2-1-6-19(26)27(13-17)11-15-9-24-14-25-10-15/h1-9,13-14H,10-12H2,(H,24,25)/q+1. The van der Waals surface area contributed by atoms with Gasteiger partial charge in [-0.3, -0.25) is 4.99 Å². The van der Waals surface area contributed by atoms with E-state index in [1.165, 1.54) is 12.1 Å². The fraction of sp³-hybridized carbons (Fsp3) is 0.200. The number of hydrogen-bond acceptors (Lipinski definition) is 4. The molecule has 1 N–H and O–H groups in total. The summed E-state index contributed by atoms with van der Waals surface area (Å²) in [5.41, 5.74) is 2.68. The number of alkyl halides is 3. The third-order valence-electron chi connectivity index (χ3n) is 4.42. The lowest BCUT2D eigenvalue weighted by Gasteiger charge is -2.24. The number of aliphatic imine (C=N–C) groups is 1. The van der Waals surface area contributed by atoms with Gasteiger partial charge in [-0.05, 0) is 23.8 Å². The van der Waals surface area contributed by atoms with Crippen molar-refractivity contribution in [1.82, 2.24) is 5.32 Å². The van der Waals surface area contributed by atoms with Gasteiger partial charge in [0.15, 0.2) is 0 Å². The van der Waals surface area contributed by atoms with Gasteiger partial charge in [-0.2, -0.15) is 0 Å². The van der Waals surface area contributed by atoms with Crippen molar-refractivity contribution in [3.05, 3.63) is 72.2 Å². The van der Waals surface area contributed by atoms with Crippen molar-refractivity contribution in [2.45, 2.75) is 12.9 Å². The Hall–Kier alpha value is -3.29. The van der Waals surface area contributed by atoms with Crippen molar-refractivity contribution in [3.8, 4) is 5.75 Å². The fourth-order valence-electron chi connectivity index (χ4n) is 3.26. The predicted octanol–water partition coefficient (Wildman–Crippen LogP) is 3.25. The van der Waals surface area contributed by atoms with Gasteiger partial charge in [-0.25, -0.2) is 9.47 Å². The third-order valence-corrected chi connectivity index (χ3v) is 4.42. The van der Waals surface area contributed by atoms with Crippen LogP contribution < -0.4 is 19.5 Å². The van der Waals surface area contributed by atoms with Crippen molar-refractivity contribution < 1.29 is 22.5 Å². The number of anilines is 1. The van der Waals surface area contributed by atoms with E-state index in [4.69, 9.17) is 0 Å². The summed E-state index contributed by atoms with van der Waals surface area (Å²) in [7, 11) is 0. The second-order valence-corrected chi connectivity index (χ2v) is 6.48. The Kier molecular flexibility index (Phi) is 4.77. The zero-order valence-corrected chi connectivity index (χ0v) is 14.9. The highest BCUT2D eigenvalue weighted by Crippen LogP contribution is 2.29. The number of ether oxygens (including phenoxy) is 1. The van der Waals surface area contributed by atoms with Crippen molar-refractivity contribution >= 4 is 17.7 Å². The van der Waals surface area contributed by atoms with Gasteiger partial charge >= 0.3 is 6.36 Å². The minimum absolute atomic E-state index is 0.227. The van der Waals surface area contributed by atoms with E-state index < -0.39 is 6.36 Å². The molecule has 5 nitrogen and oxygen atoms in total. The maximum absolute atomic E-state index is 12.6. The summed E-state index contributed by atoms with van der Waals surface area (Å²) in [5.74, 6) is 0.777. The molecule has 0 amide bonds. The van der Waals surface area contributed by atoms with Gasteiger partial charge in [0, 0.05) is 23.4 Å². The summed E-state index contributed by atoms with van der Waals surface area (Å²) in [6.07, 6.45) is 2.78. The lowest BCUT2D eigenvalue weighted by Crippen LogP contribution is -2.45. The van der Waals surface area contributed by atoms with Gasteiger partial charge in [-0.15, -0.1) is 13.2 Å². The van der Waals surface area contributed by atoms with Crippen molar-refractivity contribution in [2.75, 3.05) is 18.0 Å². The second-order valence-electron chi connectivity index (χ2n) is 6.48. The van der Waals surface area contributed by atoms with E-state index in [-0.39, 0.29) is 5.75 Å². The molecule has 0 radical (unpaired) electrons. The summed E-state index contributed by atoms with van der Waals surface area (Å²) in [4.78, 5) is 6.30. The van der Waals surface area contributed by atoms with E-state index in [2.05, 4.69) is 24.5 Å². The molecule has 2 aliphatic heterocycles. The van der Waals surface area contributed by atoms with Gasteiger partial charge in [-0.1, -0.05) is 18.2 Å². The maximum Gasteiger partial charge on any atom is 0.573 e. The predicted molar refractivity (Wildman–Crippen MR) is 99.7 cm³/mol. The van der Waals surface area contributed by atoms with Gasteiger partial charge in [0.2, 0.25) is 0 Å². The molecule has 0 aliphatic carbocycles. The Bertz CT molecular complexity index is 966. The van der Waals surface area contributed by atoms with E-state index in [0.29, 0.717) is 25.2 Å². The van der Waals surface area contributed by atoms with Crippen LogP contribution in [0.5, 0.6) is 5.75 Å². The molecule has 2 aliphatic rings. The van der Waals surface area contributed by atoms with Gasteiger partial charge in [0.25, 0.3) is 5.82 Å². The van der Waals surface area contributed by atoms with Gasteiger partial charge < -0.3 is 10.1 Å². The Morgan fingerprint density at radius 3 is 2.86 bits per heavy atom. The molecule has 0 unspecified atom stereocenters. The Morgan fingerprint density at radius 2 is 2.07 bits per heavy atom. The van der Waals surface area contributed by atoms with E-state index in [0.717, 1.165) is 17.0 Å². The number of rotatable bonds is 4. The highest BCUT2D eigenvalue weighted by atomic mass is 19.4. The molecule has 1 aromatic heterocycles. The molecule has 4 rings (SSSR count). The molecule has 0 saturated heterocycles. The average Bonchev–Trinajstić information content (AvgIpc) is 2.67.